The molecule has 0 aliphatic heterocycles. The van der Waals surface area contributed by atoms with Gasteiger partial charge in [-0.25, -0.2) is 0 Å². The fraction of sp³-hybridized carbons (Fsp3) is 0.500. The van der Waals surface area contributed by atoms with Crippen LogP contribution < -0.4 is 5.32 Å². The Morgan fingerprint density at radius 2 is 2.28 bits per heavy atom. The zero-order chi connectivity index (χ0) is 13.0. The van der Waals surface area contributed by atoms with Crippen LogP contribution in [0, 0.1) is 12.8 Å². The van der Waals surface area contributed by atoms with Crippen LogP contribution >= 0.6 is 0 Å². The topological polar surface area (TPSA) is 58.6 Å². The summed E-state index contributed by atoms with van der Waals surface area (Å²) in [6.07, 6.45) is 2.44. The van der Waals surface area contributed by atoms with Crippen molar-refractivity contribution in [3.63, 3.8) is 0 Å². The second-order valence-electron chi connectivity index (χ2n) is 4.81. The van der Waals surface area contributed by atoms with Crippen LogP contribution in [0.15, 0.2) is 18.2 Å². The van der Waals surface area contributed by atoms with E-state index in [1.807, 2.05) is 19.1 Å². The summed E-state index contributed by atoms with van der Waals surface area (Å²) in [5.41, 5.74) is 2.50. The lowest BCUT2D eigenvalue weighted by Crippen LogP contribution is -2.19. The van der Waals surface area contributed by atoms with Crippen molar-refractivity contribution in [2.75, 3.05) is 18.5 Å². The molecule has 0 saturated heterocycles. The number of anilines is 1. The maximum Gasteiger partial charge on any atom is 0.250 e. The third-order valence-corrected chi connectivity index (χ3v) is 3.04. The third-order valence-electron chi connectivity index (χ3n) is 3.04. The van der Waals surface area contributed by atoms with Crippen LogP contribution in [0.2, 0.25) is 0 Å². The van der Waals surface area contributed by atoms with E-state index in [9.17, 15) is 4.79 Å². The first-order valence-corrected chi connectivity index (χ1v) is 6.27. The minimum atomic E-state index is -0.145. The Kier molecular flexibility index (Phi) is 4.33. The molecule has 2 rings (SSSR count). The van der Waals surface area contributed by atoms with Crippen LogP contribution in [0.1, 0.15) is 24.0 Å². The summed E-state index contributed by atoms with van der Waals surface area (Å²) < 4.78 is 5.33. The molecule has 1 saturated carbocycles. The maximum atomic E-state index is 11.7. The largest absolute Gasteiger partial charge is 0.392 e. The smallest absolute Gasteiger partial charge is 0.250 e. The normalized spacial score (nSPS) is 14.6. The number of carbonyl (C=O) groups is 1. The van der Waals surface area contributed by atoms with E-state index in [-0.39, 0.29) is 19.1 Å². The summed E-state index contributed by atoms with van der Waals surface area (Å²) >= 11 is 0. The number of ether oxygens (including phenoxy) is 1. The molecular formula is C14H19NO3. The molecule has 4 heteroatoms. The Hall–Kier alpha value is -1.39. The molecule has 0 spiro atoms. The van der Waals surface area contributed by atoms with Crippen molar-refractivity contribution in [1.29, 1.82) is 0 Å². The molecule has 0 heterocycles. The molecule has 2 N–H and O–H groups in total. The maximum absolute atomic E-state index is 11.7. The lowest BCUT2D eigenvalue weighted by Gasteiger charge is -2.10. The number of nitrogens with one attached hydrogen (secondary N) is 1. The predicted octanol–water partition coefficient (Wildman–Crippen LogP) is 1.85. The number of hydrogen-bond acceptors (Lipinski definition) is 3. The number of aryl methyl sites for hydroxylation is 1. The molecule has 1 amide bonds. The van der Waals surface area contributed by atoms with Crippen LogP contribution in [0.3, 0.4) is 0 Å². The van der Waals surface area contributed by atoms with E-state index in [0.29, 0.717) is 12.5 Å². The van der Waals surface area contributed by atoms with Gasteiger partial charge in [-0.3, -0.25) is 4.79 Å². The molecule has 1 fully saturated rings. The van der Waals surface area contributed by atoms with Gasteiger partial charge in [-0.1, -0.05) is 12.1 Å². The number of aliphatic hydroxyl groups is 1. The number of hydrogen-bond donors (Lipinski definition) is 2. The van der Waals surface area contributed by atoms with Gasteiger partial charge in [-0.2, -0.15) is 0 Å². The molecule has 1 aromatic carbocycles. The highest BCUT2D eigenvalue weighted by atomic mass is 16.5. The molecule has 18 heavy (non-hydrogen) atoms. The minimum absolute atomic E-state index is 0.0265. The van der Waals surface area contributed by atoms with E-state index in [4.69, 9.17) is 9.84 Å². The van der Waals surface area contributed by atoms with Gasteiger partial charge < -0.3 is 15.2 Å². The van der Waals surface area contributed by atoms with Gasteiger partial charge in [0, 0.05) is 5.69 Å². The van der Waals surface area contributed by atoms with Crippen LogP contribution in [0.4, 0.5) is 5.69 Å². The zero-order valence-electron chi connectivity index (χ0n) is 10.6. The predicted molar refractivity (Wildman–Crippen MR) is 69.3 cm³/mol. The summed E-state index contributed by atoms with van der Waals surface area (Å²) in [5.74, 6) is 0.520. The van der Waals surface area contributed by atoms with Gasteiger partial charge in [0.15, 0.2) is 0 Å². The Balaban J connectivity index is 1.84. The number of benzene rings is 1. The van der Waals surface area contributed by atoms with Gasteiger partial charge >= 0.3 is 0 Å². The van der Waals surface area contributed by atoms with Crippen molar-refractivity contribution in [1.82, 2.24) is 0 Å². The van der Waals surface area contributed by atoms with Gasteiger partial charge in [-0.15, -0.1) is 0 Å². The van der Waals surface area contributed by atoms with Crippen LogP contribution in [-0.2, 0) is 16.1 Å². The van der Waals surface area contributed by atoms with Crippen molar-refractivity contribution in [2.45, 2.75) is 26.4 Å². The monoisotopic (exact) mass is 249 g/mol. The first kappa shape index (κ1) is 13.1. The SMILES string of the molecule is Cc1ccc(CO)cc1NC(=O)COCC1CC1. The lowest BCUT2D eigenvalue weighted by molar-refractivity contribution is -0.120. The fourth-order valence-corrected chi connectivity index (χ4v) is 1.69. The van der Waals surface area contributed by atoms with Gasteiger partial charge in [0.05, 0.1) is 13.2 Å². The van der Waals surface area contributed by atoms with Crippen molar-refractivity contribution < 1.29 is 14.6 Å². The first-order chi connectivity index (χ1) is 8.69. The Labute approximate surface area is 107 Å². The molecule has 4 nitrogen and oxygen atoms in total. The van der Waals surface area contributed by atoms with Gasteiger partial charge in [-0.05, 0) is 42.9 Å². The number of aliphatic hydroxyl groups excluding tert-OH is 1. The molecule has 0 radical (unpaired) electrons. The highest BCUT2D eigenvalue weighted by molar-refractivity contribution is 5.92. The molecule has 0 atom stereocenters. The van der Waals surface area contributed by atoms with Crippen molar-refractivity contribution in [3.8, 4) is 0 Å². The van der Waals surface area contributed by atoms with E-state index in [0.717, 1.165) is 16.8 Å². The molecule has 0 bridgehead atoms. The third kappa shape index (κ3) is 3.82. The van der Waals surface area contributed by atoms with Gasteiger partial charge in [0.2, 0.25) is 5.91 Å². The van der Waals surface area contributed by atoms with Crippen LogP contribution in [0.5, 0.6) is 0 Å². The molecule has 1 aliphatic rings. The first-order valence-electron chi connectivity index (χ1n) is 6.27. The van der Waals surface area contributed by atoms with Crippen molar-refractivity contribution in [3.05, 3.63) is 29.3 Å². The second-order valence-corrected chi connectivity index (χ2v) is 4.81. The average Bonchev–Trinajstić information content (AvgIpc) is 3.16. The van der Waals surface area contributed by atoms with Gasteiger partial charge in [0.25, 0.3) is 0 Å². The lowest BCUT2D eigenvalue weighted by atomic mass is 10.1. The Morgan fingerprint density at radius 3 is 2.94 bits per heavy atom. The summed E-state index contributed by atoms with van der Waals surface area (Å²) in [6.45, 7) is 2.67. The second kappa shape index (κ2) is 5.98. The Morgan fingerprint density at radius 1 is 1.50 bits per heavy atom. The summed E-state index contributed by atoms with van der Waals surface area (Å²) in [4.78, 5) is 11.7. The molecule has 0 unspecified atom stereocenters. The van der Waals surface area contributed by atoms with Crippen LogP contribution in [-0.4, -0.2) is 24.2 Å². The van der Waals surface area contributed by atoms with E-state index in [1.54, 1.807) is 6.07 Å². The number of carbonyl (C=O) groups excluding carboxylic acids is 1. The van der Waals surface area contributed by atoms with E-state index in [1.165, 1.54) is 12.8 Å². The van der Waals surface area contributed by atoms with Crippen molar-refractivity contribution in [2.24, 2.45) is 5.92 Å². The van der Waals surface area contributed by atoms with E-state index < -0.39 is 0 Å². The average molecular weight is 249 g/mol. The fourth-order valence-electron chi connectivity index (χ4n) is 1.69. The zero-order valence-corrected chi connectivity index (χ0v) is 10.6. The molecule has 1 aliphatic carbocycles. The highest BCUT2D eigenvalue weighted by Gasteiger charge is 2.21. The standard InChI is InChI=1S/C14H19NO3/c1-10-2-3-12(7-16)6-13(10)15-14(17)9-18-8-11-4-5-11/h2-3,6,11,16H,4-5,7-9H2,1H3,(H,15,17). The van der Waals surface area contributed by atoms with E-state index in [2.05, 4.69) is 5.32 Å². The quantitative estimate of drug-likeness (QED) is 0.809. The van der Waals surface area contributed by atoms with E-state index >= 15 is 0 Å². The Bertz CT molecular complexity index is 427. The number of rotatable bonds is 6. The molecule has 98 valence electrons. The highest BCUT2D eigenvalue weighted by Crippen LogP contribution is 2.28. The summed E-state index contributed by atoms with van der Waals surface area (Å²) in [6, 6.07) is 5.51. The summed E-state index contributed by atoms with van der Waals surface area (Å²) in [5, 5.41) is 11.9. The minimum Gasteiger partial charge on any atom is -0.392 e. The summed E-state index contributed by atoms with van der Waals surface area (Å²) in [7, 11) is 0. The molecule has 1 aromatic rings. The van der Waals surface area contributed by atoms with Gasteiger partial charge in [0.1, 0.15) is 6.61 Å². The van der Waals surface area contributed by atoms with Crippen molar-refractivity contribution >= 4 is 11.6 Å². The van der Waals surface area contributed by atoms with Crippen LogP contribution in [0.25, 0.3) is 0 Å². The number of amides is 1. The molecular weight excluding hydrogens is 230 g/mol. The molecule has 0 aromatic heterocycles.